The smallest absolute Gasteiger partial charge is 0.240 e. The van der Waals surface area contributed by atoms with Gasteiger partial charge in [-0.25, -0.2) is 0 Å². The summed E-state index contributed by atoms with van der Waals surface area (Å²) in [5, 5.41) is 3.25. The minimum atomic E-state index is -0.654. The fourth-order valence-electron chi connectivity index (χ4n) is 3.33. The molecule has 2 aliphatic carbocycles. The molecule has 0 aromatic carbocycles. The lowest BCUT2D eigenvalue weighted by Crippen LogP contribution is -2.57. The SMILES string of the molecule is CC(C)C1CCCCC1NC(=O)C(C)(N)C1CC1. The molecule has 3 nitrogen and oxygen atoms in total. The van der Waals surface area contributed by atoms with Crippen molar-refractivity contribution in [3.05, 3.63) is 0 Å². The largest absolute Gasteiger partial charge is 0.351 e. The van der Waals surface area contributed by atoms with Crippen molar-refractivity contribution in [1.82, 2.24) is 5.32 Å². The Morgan fingerprint density at radius 3 is 2.39 bits per heavy atom. The molecule has 0 aromatic rings. The van der Waals surface area contributed by atoms with Crippen molar-refractivity contribution >= 4 is 5.91 Å². The van der Waals surface area contributed by atoms with E-state index in [1.54, 1.807) is 0 Å². The zero-order valence-electron chi connectivity index (χ0n) is 12.0. The zero-order chi connectivity index (χ0) is 13.3. The van der Waals surface area contributed by atoms with E-state index in [2.05, 4.69) is 19.2 Å². The number of nitrogens with two attached hydrogens (primary N) is 1. The molecule has 104 valence electrons. The van der Waals surface area contributed by atoms with Crippen molar-refractivity contribution in [2.24, 2.45) is 23.5 Å². The van der Waals surface area contributed by atoms with Crippen LogP contribution in [-0.2, 0) is 4.79 Å². The molecule has 2 saturated carbocycles. The van der Waals surface area contributed by atoms with Gasteiger partial charge in [-0.05, 0) is 50.4 Å². The van der Waals surface area contributed by atoms with Crippen LogP contribution in [0, 0.1) is 17.8 Å². The van der Waals surface area contributed by atoms with Crippen molar-refractivity contribution in [3.63, 3.8) is 0 Å². The Morgan fingerprint density at radius 1 is 1.22 bits per heavy atom. The first-order chi connectivity index (χ1) is 8.43. The molecule has 3 N–H and O–H groups in total. The summed E-state index contributed by atoms with van der Waals surface area (Å²) in [7, 11) is 0. The molecule has 18 heavy (non-hydrogen) atoms. The highest BCUT2D eigenvalue weighted by molar-refractivity contribution is 5.86. The molecular weight excluding hydrogens is 224 g/mol. The summed E-state index contributed by atoms with van der Waals surface area (Å²) < 4.78 is 0. The lowest BCUT2D eigenvalue weighted by molar-refractivity contribution is -0.128. The Hall–Kier alpha value is -0.570. The summed E-state index contributed by atoms with van der Waals surface area (Å²) >= 11 is 0. The van der Waals surface area contributed by atoms with E-state index in [0.717, 1.165) is 19.3 Å². The van der Waals surface area contributed by atoms with Gasteiger partial charge in [-0.3, -0.25) is 4.79 Å². The van der Waals surface area contributed by atoms with E-state index < -0.39 is 5.54 Å². The topological polar surface area (TPSA) is 55.1 Å². The van der Waals surface area contributed by atoms with Crippen LogP contribution in [0.15, 0.2) is 0 Å². The Labute approximate surface area is 111 Å². The number of amides is 1. The molecule has 0 heterocycles. The molecule has 0 radical (unpaired) electrons. The molecule has 0 aliphatic heterocycles. The third kappa shape index (κ3) is 2.87. The Balaban J connectivity index is 1.96. The first-order valence-corrected chi connectivity index (χ1v) is 7.52. The molecule has 3 unspecified atom stereocenters. The van der Waals surface area contributed by atoms with E-state index in [1.807, 2.05) is 6.92 Å². The molecule has 2 fully saturated rings. The maximum absolute atomic E-state index is 12.3. The van der Waals surface area contributed by atoms with E-state index in [9.17, 15) is 4.79 Å². The van der Waals surface area contributed by atoms with Gasteiger partial charge in [-0.15, -0.1) is 0 Å². The van der Waals surface area contributed by atoms with Gasteiger partial charge in [-0.2, -0.15) is 0 Å². The standard InChI is InChI=1S/C15H28N2O/c1-10(2)12-6-4-5-7-13(12)17-14(18)15(3,16)11-8-9-11/h10-13H,4-9,16H2,1-3H3,(H,17,18). The lowest BCUT2D eigenvalue weighted by Gasteiger charge is -2.37. The van der Waals surface area contributed by atoms with Crippen LogP contribution in [0.3, 0.4) is 0 Å². The highest BCUT2D eigenvalue weighted by atomic mass is 16.2. The predicted molar refractivity (Wildman–Crippen MR) is 74.0 cm³/mol. The molecule has 1 amide bonds. The van der Waals surface area contributed by atoms with Gasteiger partial charge in [0, 0.05) is 6.04 Å². The summed E-state index contributed by atoms with van der Waals surface area (Å²) in [6.07, 6.45) is 7.12. The Kier molecular flexibility index (Phi) is 4.00. The minimum Gasteiger partial charge on any atom is -0.351 e. The molecule has 3 heteroatoms. The van der Waals surface area contributed by atoms with Crippen LogP contribution in [0.4, 0.5) is 0 Å². The summed E-state index contributed by atoms with van der Waals surface area (Å²) in [5.41, 5.74) is 5.54. The number of hydrogen-bond donors (Lipinski definition) is 2. The first-order valence-electron chi connectivity index (χ1n) is 7.52. The molecular formula is C15H28N2O. The van der Waals surface area contributed by atoms with E-state index in [1.165, 1.54) is 19.3 Å². The van der Waals surface area contributed by atoms with Crippen LogP contribution in [0.2, 0.25) is 0 Å². The molecule has 2 rings (SSSR count). The second kappa shape index (κ2) is 5.20. The van der Waals surface area contributed by atoms with E-state index in [4.69, 9.17) is 5.73 Å². The molecule has 0 bridgehead atoms. The van der Waals surface area contributed by atoms with Crippen LogP contribution in [-0.4, -0.2) is 17.5 Å². The number of hydrogen-bond acceptors (Lipinski definition) is 2. The van der Waals surface area contributed by atoms with E-state index >= 15 is 0 Å². The molecule has 0 aromatic heterocycles. The Bertz CT molecular complexity index is 308. The average Bonchev–Trinajstić information content (AvgIpc) is 3.13. The number of rotatable bonds is 4. The molecule has 0 spiro atoms. The summed E-state index contributed by atoms with van der Waals surface area (Å²) in [5.74, 6) is 1.74. The van der Waals surface area contributed by atoms with Crippen molar-refractivity contribution < 1.29 is 4.79 Å². The normalized spacial score (nSPS) is 32.1. The van der Waals surface area contributed by atoms with Crippen LogP contribution in [0.25, 0.3) is 0 Å². The van der Waals surface area contributed by atoms with E-state index in [0.29, 0.717) is 23.8 Å². The van der Waals surface area contributed by atoms with Gasteiger partial charge in [0.2, 0.25) is 5.91 Å². The fraction of sp³-hybridized carbons (Fsp3) is 0.933. The molecule has 2 aliphatic rings. The first kappa shape index (κ1) is 13.9. The van der Waals surface area contributed by atoms with Gasteiger partial charge in [-0.1, -0.05) is 26.7 Å². The maximum atomic E-state index is 12.3. The number of carbonyl (C=O) groups is 1. The zero-order valence-corrected chi connectivity index (χ0v) is 12.0. The quantitative estimate of drug-likeness (QED) is 0.807. The lowest BCUT2D eigenvalue weighted by atomic mass is 9.77. The van der Waals surface area contributed by atoms with Crippen molar-refractivity contribution in [1.29, 1.82) is 0 Å². The van der Waals surface area contributed by atoms with Gasteiger partial charge in [0.1, 0.15) is 0 Å². The highest BCUT2D eigenvalue weighted by Gasteiger charge is 2.45. The summed E-state index contributed by atoms with van der Waals surface area (Å²) in [6.45, 7) is 6.42. The van der Waals surface area contributed by atoms with E-state index in [-0.39, 0.29) is 5.91 Å². The van der Waals surface area contributed by atoms with Gasteiger partial charge in [0.05, 0.1) is 5.54 Å². The third-order valence-electron chi connectivity index (χ3n) is 4.91. The van der Waals surface area contributed by atoms with Crippen molar-refractivity contribution in [3.8, 4) is 0 Å². The van der Waals surface area contributed by atoms with Gasteiger partial charge >= 0.3 is 0 Å². The highest BCUT2D eigenvalue weighted by Crippen LogP contribution is 2.38. The van der Waals surface area contributed by atoms with Gasteiger partial charge in [0.25, 0.3) is 0 Å². The molecule has 3 atom stereocenters. The maximum Gasteiger partial charge on any atom is 0.240 e. The minimum absolute atomic E-state index is 0.0718. The summed E-state index contributed by atoms with van der Waals surface area (Å²) in [4.78, 5) is 12.3. The average molecular weight is 252 g/mol. The number of nitrogens with one attached hydrogen (secondary N) is 1. The molecule has 0 saturated heterocycles. The van der Waals surface area contributed by atoms with Crippen molar-refractivity contribution in [2.75, 3.05) is 0 Å². The van der Waals surface area contributed by atoms with Crippen molar-refractivity contribution in [2.45, 2.75) is 70.9 Å². The van der Waals surface area contributed by atoms with Gasteiger partial charge < -0.3 is 11.1 Å². The van der Waals surface area contributed by atoms with Crippen LogP contribution in [0.1, 0.15) is 59.3 Å². The second-order valence-corrected chi connectivity index (χ2v) is 6.83. The van der Waals surface area contributed by atoms with Crippen LogP contribution >= 0.6 is 0 Å². The third-order valence-corrected chi connectivity index (χ3v) is 4.91. The monoisotopic (exact) mass is 252 g/mol. The Morgan fingerprint density at radius 2 is 1.83 bits per heavy atom. The predicted octanol–water partition coefficient (Wildman–Crippen LogP) is 2.44. The van der Waals surface area contributed by atoms with Gasteiger partial charge in [0.15, 0.2) is 0 Å². The van der Waals surface area contributed by atoms with Crippen LogP contribution < -0.4 is 11.1 Å². The fourth-order valence-corrected chi connectivity index (χ4v) is 3.33. The number of carbonyl (C=O) groups excluding carboxylic acids is 1. The van der Waals surface area contributed by atoms with Crippen LogP contribution in [0.5, 0.6) is 0 Å². The second-order valence-electron chi connectivity index (χ2n) is 6.83. The summed E-state index contributed by atoms with van der Waals surface area (Å²) in [6, 6.07) is 0.341.